The van der Waals surface area contributed by atoms with Crippen LogP contribution >= 0.6 is 11.8 Å². The first-order chi connectivity index (χ1) is 11.8. The Morgan fingerprint density at radius 3 is 2.72 bits per heavy atom. The van der Waals surface area contributed by atoms with Gasteiger partial charge in [0.05, 0.1) is 12.9 Å². The number of nitrogens with one attached hydrogen (secondary N) is 1. The first-order valence-corrected chi connectivity index (χ1v) is 8.67. The summed E-state index contributed by atoms with van der Waals surface area (Å²) in [5, 5.41) is 11.3. The Morgan fingerprint density at radius 1 is 1.32 bits per heavy atom. The molecule has 0 radical (unpaired) electrons. The molecule has 0 saturated heterocycles. The highest BCUT2D eigenvalue weighted by Crippen LogP contribution is 2.20. The van der Waals surface area contributed by atoms with E-state index < -0.39 is 0 Å². The Morgan fingerprint density at radius 2 is 2.04 bits per heavy atom. The maximum absolute atomic E-state index is 11.9. The minimum absolute atomic E-state index is 0.0883. The van der Waals surface area contributed by atoms with Crippen molar-refractivity contribution < 1.29 is 14.3 Å². The van der Waals surface area contributed by atoms with Gasteiger partial charge in [0.25, 0.3) is 0 Å². The molecule has 1 aromatic heterocycles. The fourth-order valence-electron chi connectivity index (χ4n) is 1.93. The molecule has 0 atom stereocenters. The number of ether oxygens (including phenoxy) is 2. The first kappa shape index (κ1) is 18.9. The summed E-state index contributed by atoms with van der Waals surface area (Å²) in [6.07, 6.45) is 0. The van der Waals surface area contributed by atoms with Crippen molar-refractivity contribution in [2.75, 3.05) is 18.7 Å². The van der Waals surface area contributed by atoms with E-state index >= 15 is 0 Å². The van der Waals surface area contributed by atoms with Crippen molar-refractivity contribution in [3.8, 4) is 11.5 Å². The van der Waals surface area contributed by atoms with Gasteiger partial charge in [0.1, 0.15) is 18.1 Å². The van der Waals surface area contributed by atoms with Crippen molar-refractivity contribution in [3.05, 3.63) is 30.1 Å². The predicted octanol–water partition coefficient (Wildman–Crippen LogP) is 1.59. The van der Waals surface area contributed by atoms with Gasteiger partial charge in [-0.15, -0.1) is 10.2 Å². The highest BCUT2D eigenvalue weighted by molar-refractivity contribution is 7.99. The van der Waals surface area contributed by atoms with Gasteiger partial charge in [-0.2, -0.15) is 0 Å². The van der Waals surface area contributed by atoms with E-state index in [2.05, 4.69) is 15.5 Å². The summed E-state index contributed by atoms with van der Waals surface area (Å²) < 4.78 is 12.1. The third-order valence-electron chi connectivity index (χ3n) is 2.99. The third-order valence-corrected chi connectivity index (χ3v) is 3.93. The largest absolute Gasteiger partial charge is 0.497 e. The van der Waals surface area contributed by atoms with Crippen LogP contribution in [-0.4, -0.2) is 39.2 Å². The van der Waals surface area contributed by atoms with Gasteiger partial charge >= 0.3 is 0 Å². The number of rotatable bonds is 7. The molecule has 0 aliphatic rings. The highest BCUT2D eigenvalue weighted by Gasteiger charge is 2.16. The summed E-state index contributed by atoms with van der Waals surface area (Å²) in [5.41, 5.74) is -0.274. The Bertz CT molecular complexity index is 727. The second-order valence-electron chi connectivity index (χ2n) is 6.32. The lowest BCUT2D eigenvalue weighted by molar-refractivity contribution is -0.119. The monoisotopic (exact) mass is 365 g/mol. The van der Waals surface area contributed by atoms with Crippen LogP contribution in [0.2, 0.25) is 0 Å². The van der Waals surface area contributed by atoms with Crippen LogP contribution in [-0.2, 0) is 11.4 Å². The number of benzene rings is 1. The molecule has 3 N–H and O–H groups in total. The number of carbonyl (C=O) groups excluding carboxylic acids is 1. The Balaban J connectivity index is 1.90. The molecule has 1 aromatic carbocycles. The molecule has 0 fully saturated rings. The van der Waals surface area contributed by atoms with E-state index in [0.717, 1.165) is 0 Å². The predicted molar refractivity (Wildman–Crippen MR) is 96.1 cm³/mol. The third kappa shape index (κ3) is 5.86. The molecule has 0 bridgehead atoms. The molecule has 136 valence electrons. The zero-order valence-corrected chi connectivity index (χ0v) is 15.6. The van der Waals surface area contributed by atoms with Crippen LogP contribution in [0.4, 0.5) is 0 Å². The van der Waals surface area contributed by atoms with E-state index in [-0.39, 0.29) is 23.8 Å². The van der Waals surface area contributed by atoms with E-state index in [4.69, 9.17) is 15.3 Å². The van der Waals surface area contributed by atoms with Gasteiger partial charge in [-0.25, -0.2) is 4.68 Å². The van der Waals surface area contributed by atoms with Crippen LogP contribution in [0.3, 0.4) is 0 Å². The molecular weight excluding hydrogens is 342 g/mol. The smallest absolute Gasteiger partial charge is 0.230 e. The first-order valence-electron chi connectivity index (χ1n) is 7.68. The topological polar surface area (TPSA) is 104 Å². The van der Waals surface area contributed by atoms with Crippen molar-refractivity contribution in [1.29, 1.82) is 0 Å². The number of methoxy groups -OCH3 is 1. The number of aromatic nitrogens is 3. The zero-order chi connectivity index (χ0) is 18.4. The van der Waals surface area contributed by atoms with Gasteiger partial charge in [-0.1, -0.05) is 17.8 Å². The average Bonchev–Trinajstić information content (AvgIpc) is 2.90. The lowest BCUT2D eigenvalue weighted by Crippen LogP contribution is -2.41. The van der Waals surface area contributed by atoms with Crippen molar-refractivity contribution in [1.82, 2.24) is 20.2 Å². The fourth-order valence-corrected chi connectivity index (χ4v) is 2.60. The summed E-state index contributed by atoms with van der Waals surface area (Å²) in [6, 6.07) is 7.24. The van der Waals surface area contributed by atoms with Crippen LogP contribution in [0, 0.1) is 0 Å². The molecule has 0 aliphatic heterocycles. The fraction of sp³-hybridized carbons (Fsp3) is 0.438. The number of hydrogen-bond donors (Lipinski definition) is 2. The molecule has 2 aromatic rings. The van der Waals surface area contributed by atoms with Crippen LogP contribution in [0.1, 0.15) is 26.6 Å². The summed E-state index contributed by atoms with van der Waals surface area (Å²) in [5.74, 6) is 7.90. The van der Waals surface area contributed by atoms with Crippen molar-refractivity contribution in [2.45, 2.75) is 38.1 Å². The van der Waals surface area contributed by atoms with Crippen LogP contribution in [0.5, 0.6) is 11.5 Å². The number of carbonyl (C=O) groups is 1. The van der Waals surface area contributed by atoms with Crippen molar-refractivity contribution >= 4 is 17.7 Å². The van der Waals surface area contributed by atoms with E-state index in [1.54, 1.807) is 13.2 Å². The average molecular weight is 365 g/mol. The van der Waals surface area contributed by atoms with Gasteiger partial charge in [0, 0.05) is 11.6 Å². The van der Waals surface area contributed by atoms with Gasteiger partial charge in [0.15, 0.2) is 5.82 Å². The quantitative estimate of drug-likeness (QED) is 0.567. The number of amides is 1. The van der Waals surface area contributed by atoms with Gasteiger partial charge < -0.3 is 20.6 Å². The maximum atomic E-state index is 11.9. The molecule has 8 nitrogen and oxygen atoms in total. The van der Waals surface area contributed by atoms with Crippen molar-refractivity contribution in [3.63, 3.8) is 0 Å². The van der Waals surface area contributed by atoms with Gasteiger partial charge in [0.2, 0.25) is 11.1 Å². The van der Waals surface area contributed by atoms with Crippen molar-refractivity contribution in [2.24, 2.45) is 0 Å². The van der Waals surface area contributed by atoms with E-state index in [1.165, 1.54) is 16.4 Å². The maximum Gasteiger partial charge on any atom is 0.230 e. The van der Waals surface area contributed by atoms with E-state index in [1.807, 2.05) is 39.0 Å². The molecule has 9 heteroatoms. The lowest BCUT2D eigenvalue weighted by Gasteiger charge is -2.20. The summed E-state index contributed by atoms with van der Waals surface area (Å²) >= 11 is 1.22. The molecule has 1 amide bonds. The zero-order valence-electron chi connectivity index (χ0n) is 14.8. The second kappa shape index (κ2) is 8.11. The minimum Gasteiger partial charge on any atom is -0.497 e. The Kier molecular flexibility index (Phi) is 6.13. The van der Waals surface area contributed by atoms with E-state index in [0.29, 0.717) is 22.5 Å². The van der Waals surface area contributed by atoms with E-state index in [9.17, 15) is 4.79 Å². The molecule has 0 spiro atoms. The number of hydrogen-bond acceptors (Lipinski definition) is 7. The number of thioether (sulfide) groups is 1. The normalized spacial score (nSPS) is 11.2. The second-order valence-corrected chi connectivity index (χ2v) is 7.27. The van der Waals surface area contributed by atoms with Gasteiger partial charge in [-0.05, 0) is 32.9 Å². The number of nitrogen functional groups attached to an aromatic ring is 1. The van der Waals surface area contributed by atoms with Gasteiger partial charge in [-0.3, -0.25) is 4.79 Å². The molecular formula is C16H23N5O3S. The summed E-state index contributed by atoms with van der Waals surface area (Å²) in [7, 11) is 1.59. The molecule has 0 unspecified atom stereocenters. The standard InChI is InChI=1S/C16H23N5O3S/c1-16(2,3)18-14(22)10-25-15-20-19-13(21(15)17)9-24-12-7-5-6-11(8-12)23-4/h5-8H,9-10,17H2,1-4H3,(H,18,22). The molecule has 0 aliphatic carbocycles. The molecule has 0 saturated carbocycles. The summed E-state index contributed by atoms with van der Waals surface area (Å²) in [6.45, 7) is 5.93. The SMILES string of the molecule is COc1cccc(OCc2nnc(SCC(=O)NC(C)(C)C)n2N)c1. The molecule has 25 heavy (non-hydrogen) atoms. The number of nitrogens with zero attached hydrogens (tertiary/aromatic N) is 3. The lowest BCUT2D eigenvalue weighted by atomic mass is 10.1. The van der Waals surface area contributed by atoms with Crippen LogP contribution in [0.25, 0.3) is 0 Å². The van der Waals surface area contributed by atoms with Crippen LogP contribution in [0.15, 0.2) is 29.4 Å². The minimum atomic E-state index is -0.274. The highest BCUT2D eigenvalue weighted by atomic mass is 32.2. The Labute approximate surface area is 151 Å². The Hall–Kier alpha value is -2.42. The summed E-state index contributed by atoms with van der Waals surface area (Å²) in [4.78, 5) is 11.9. The molecule has 2 rings (SSSR count). The number of nitrogens with two attached hydrogens (primary N) is 1. The van der Waals surface area contributed by atoms with Crippen LogP contribution < -0.4 is 20.6 Å². The molecule has 1 heterocycles.